The van der Waals surface area contributed by atoms with E-state index >= 15 is 0 Å². The fraction of sp³-hybridized carbons (Fsp3) is 0.407. The summed E-state index contributed by atoms with van der Waals surface area (Å²) in [7, 11) is 0. The Labute approximate surface area is 217 Å². The maximum atomic E-state index is 13.8. The highest BCUT2D eigenvalue weighted by Gasteiger charge is 2.44. The minimum Gasteiger partial charge on any atom is -0.444 e. The molecule has 8 nitrogen and oxygen atoms in total. The summed E-state index contributed by atoms with van der Waals surface area (Å²) in [5.74, 6) is -1.57. The number of nitrogens with zero attached hydrogens (tertiary/aromatic N) is 4. The van der Waals surface area contributed by atoms with Gasteiger partial charge in [0.15, 0.2) is 0 Å². The number of amides is 2. The Kier molecular flexibility index (Phi) is 6.62. The third-order valence-corrected chi connectivity index (χ3v) is 6.66. The molecule has 0 bridgehead atoms. The summed E-state index contributed by atoms with van der Waals surface area (Å²) in [6, 6.07) is 9.88. The van der Waals surface area contributed by atoms with Crippen LogP contribution in [0.25, 0.3) is 11.5 Å². The first-order valence-corrected chi connectivity index (χ1v) is 12.3. The number of hydrogen-bond acceptors (Lipinski definition) is 6. The number of ether oxygens (including phenoxy) is 1. The van der Waals surface area contributed by atoms with E-state index in [0.717, 1.165) is 5.56 Å². The molecule has 1 aromatic heterocycles. The summed E-state index contributed by atoms with van der Waals surface area (Å²) in [6.07, 6.45) is -2.14. The second kappa shape index (κ2) is 9.77. The van der Waals surface area contributed by atoms with Crippen molar-refractivity contribution in [3.05, 3.63) is 70.9 Å². The molecule has 2 aliphatic rings. The first-order valence-electron chi connectivity index (χ1n) is 12.3. The van der Waals surface area contributed by atoms with Crippen LogP contribution < -0.4 is 0 Å². The molecule has 2 amide bonds. The average molecular weight is 529 g/mol. The lowest BCUT2D eigenvalue weighted by Gasteiger charge is -2.45. The van der Waals surface area contributed by atoms with Gasteiger partial charge in [0, 0.05) is 24.2 Å². The van der Waals surface area contributed by atoms with Gasteiger partial charge < -0.3 is 14.1 Å². The topological polar surface area (TPSA) is 88.8 Å². The molecule has 0 unspecified atom stereocenters. The lowest BCUT2D eigenvalue weighted by atomic mass is 9.89. The van der Waals surface area contributed by atoms with Crippen molar-refractivity contribution in [2.45, 2.75) is 64.3 Å². The summed E-state index contributed by atoms with van der Waals surface area (Å²) in [5, 5.41) is 7.03. The highest BCUT2D eigenvalue weighted by Crippen LogP contribution is 2.40. The monoisotopic (exact) mass is 528 g/mol. The van der Waals surface area contributed by atoms with Crippen LogP contribution in [0.4, 0.5) is 18.0 Å². The molecule has 2 aliphatic heterocycles. The van der Waals surface area contributed by atoms with E-state index in [1.807, 2.05) is 0 Å². The number of carbonyl (C=O) groups excluding carboxylic acids is 2. The number of carbonyl (C=O) groups is 2. The molecular weight excluding hydrogens is 501 g/mol. The van der Waals surface area contributed by atoms with Crippen LogP contribution in [0.15, 0.2) is 46.9 Å². The van der Waals surface area contributed by atoms with Crippen molar-refractivity contribution in [1.29, 1.82) is 0 Å². The van der Waals surface area contributed by atoms with E-state index in [1.54, 1.807) is 60.9 Å². The highest BCUT2D eigenvalue weighted by atomic mass is 19.3. The predicted molar refractivity (Wildman–Crippen MR) is 130 cm³/mol. The summed E-state index contributed by atoms with van der Waals surface area (Å²) < 4.78 is 50.3. The molecule has 1 saturated heterocycles. The largest absolute Gasteiger partial charge is 0.444 e. The predicted octanol–water partition coefficient (Wildman–Crippen LogP) is 5.91. The van der Waals surface area contributed by atoms with E-state index in [-0.39, 0.29) is 11.8 Å². The number of rotatable bonds is 4. The highest BCUT2D eigenvalue weighted by molar-refractivity contribution is 5.99. The number of piperidine rings is 1. The van der Waals surface area contributed by atoms with Gasteiger partial charge in [-0.3, -0.25) is 9.69 Å². The number of likely N-dealkylation sites (tertiary alicyclic amines) is 1. The average Bonchev–Trinajstić information content (AvgIpc) is 3.48. The number of fused-ring (bicyclic) bond motifs is 1. The molecule has 3 aromatic rings. The Morgan fingerprint density at radius 1 is 1.13 bits per heavy atom. The van der Waals surface area contributed by atoms with Gasteiger partial charge in [-0.2, -0.15) is 8.78 Å². The normalized spacial score (nSPS) is 19.7. The minimum atomic E-state index is -2.90. The molecule has 5 rings (SSSR count). The molecule has 2 atom stereocenters. The van der Waals surface area contributed by atoms with E-state index < -0.39 is 41.9 Å². The van der Waals surface area contributed by atoms with Crippen molar-refractivity contribution in [2.24, 2.45) is 0 Å². The smallest absolute Gasteiger partial charge is 0.410 e. The van der Waals surface area contributed by atoms with Gasteiger partial charge in [-0.25, -0.2) is 9.18 Å². The maximum Gasteiger partial charge on any atom is 0.410 e. The van der Waals surface area contributed by atoms with Crippen molar-refractivity contribution >= 4 is 12.0 Å². The molecule has 0 spiro atoms. The van der Waals surface area contributed by atoms with E-state index in [2.05, 4.69) is 10.2 Å². The molecule has 38 heavy (non-hydrogen) atoms. The van der Waals surface area contributed by atoms with Crippen LogP contribution in [0.3, 0.4) is 0 Å². The fourth-order valence-electron chi connectivity index (χ4n) is 5.05. The number of halogens is 3. The molecule has 0 radical (unpaired) electrons. The van der Waals surface area contributed by atoms with Gasteiger partial charge in [0.2, 0.25) is 5.89 Å². The van der Waals surface area contributed by atoms with E-state index in [4.69, 9.17) is 9.15 Å². The van der Waals surface area contributed by atoms with Crippen LogP contribution in [-0.4, -0.2) is 50.2 Å². The maximum absolute atomic E-state index is 13.8. The molecular formula is C27H27F3N4O4. The number of hydrogen-bond donors (Lipinski definition) is 0. The summed E-state index contributed by atoms with van der Waals surface area (Å²) in [6.45, 7) is 6.07. The van der Waals surface area contributed by atoms with Gasteiger partial charge >= 0.3 is 12.5 Å². The second-order valence-electron chi connectivity index (χ2n) is 10.4. The third kappa shape index (κ3) is 4.97. The Morgan fingerprint density at radius 3 is 2.53 bits per heavy atom. The summed E-state index contributed by atoms with van der Waals surface area (Å²) >= 11 is 0. The van der Waals surface area contributed by atoms with Crippen LogP contribution in [0.5, 0.6) is 0 Å². The van der Waals surface area contributed by atoms with Crippen molar-refractivity contribution in [1.82, 2.24) is 20.0 Å². The molecule has 11 heteroatoms. The van der Waals surface area contributed by atoms with Crippen molar-refractivity contribution < 1.29 is 31.9 Å². The van der Waals surface area contributed by atoms with E-state index in [1.165, 1.54) is 12.1 Å². The second-order valence-corrected chi connectivity index (χ2v) is 10.4. The zero-order valence-corrected chi connectivity index (χ0v) is 21.2. The zero-order chi connectivity index (χ0) is 27.2. The Bertz CT molecular complexity index is 1350. The van der Waals surface area contributed by atoms with Crippen molar-refractivity contribution in [3.63, 3.8) is 0 Å². The van der Waals surface area contributed by atoms with Gasteiger partial charge in [-0.05, 0) is 69.0 Å². The van der Waals surface area contributed by atoms with Crippen molar-refractivity contribution in [3.8, 4) is 11.5 Å². The van der Waals surface area contributed by atoms with E-state index in [0.29, 0.717) is 42.6 Å². The van der Waals surface area contributed by atoms with Crippen molar-refractivity contribution in [2.75, 3.05) is 6.54 Å². The molecule has 0 aliphatic carbocycles. The molecule has 0 saturated carbocycles. The van der Waals surface area contributed by atoms with Gasteiger partial charge in [0.05, 0.1) is 12.1 Å². The van der Waals surface area contributed by atoms with Gasteiger partial charge in [0.1, 0.15) is 11.4 Å². The van der Waals surface area contributed by atoms with Gasteiger partial charge in [-0.15, -0.1) is 10.2 Å². The van der Waals surface area contributed by atoms with Crippen LogP contribution in [-0.2, 0) is 11.3 Å². The first-order chi connectivity index (χ1) is 18.0. The van der Waals surface area contributed by atoms with Crippen LogP contribution in [0, 0.1) is 5.82 Å². The standard InChI is InChI=1S/C27H27F3N4O4/c1-27(2,3)38-26(36)33-12-4-5-20(21(33)15-8-10-18(28)11-9-15)34-14-17-7-6-16(13-19(17)25(34)35)23-31-32-24(37-23)22(29)30/h6-11,13,20-22H,4-5,12,14H2,1-3H3/t20-,21+/m0/s1. The Morgan fingerprint density at radius 2 is 1.87 bits per heavy atom. The third-order valence-electron chi connectivity index (χ3n) is 6.66. The summed E-state index contributed by atoms with van der Waals surface area (Å²) in [4.78, 5) is 30.2. The number of benzene rings is 2. The molecule has 2 aromatic carbocycles. The molecule has 1 fully saturated rings. The quantitative estimate of drug-likeness (QED) is 0.418. The van der Waals surface area contributed by atoms with Crippen LogP contribution >= 0.6 is 0 Å². The minimum absolute atomic E-state index is 0.104. The van der Waals surface area contributed by atoms with Gasteiger partial charge in [0.25, 0.3) is 11.8 Å². The fourth-order valence-corrected chi connectivity index (χ4v) is 5.05. The SMILES string of the molecule is CC(C)(C)OC(=O)N1CCC[C@H](N2Cc3ccc(-c4nnc(C(F)F)o4)cc3C2=O)[C@H]1c1ccc(F)cc1. The Hall–Kier alpha value is -3.89. The zero-order valence-electron chi connectivity index (χ0n) is 21.2. The van der Waals surface area contributed by atoms with Crippen LogP contribution in [0.1, 0.15) is 73.5 Å². The summed E-state index contributed by atoms with van der Waals surface area (Å²) in [5.41, 5.74) is 1.47. The lowest BCUT2D eigenvalue weighted by molar-refractivity contribution is -0.00969. The molecule has 0 N–H and O–H groups in total. The molecule has 200 valence electrons. The van der Waals surface area contributed by atoms with E-state index in [9.17, 15) is 22.8 Å². The first kappa shape index (κ1) is 25.7. The van der Waals surface area contributed by atoms with Gasteiger partial charge in [-0.1, -0.05) is 18.2 Å². The number of alkyl halides is 2. The van der Waals surface area contributed by atoms with Crippen LogP contribution in [0.2, 0.25) is 0 Å². The molecule has 3 heterocycles. The number of aromatic nitrogens is 2. The lowest BCUT2D eigenvalue weighted by Crippen LogP contribution is -2.53. The Balaban J connectivity index is 1.47.